The van der Waals surface area contributed by atoms with Gasteiger partial charge in [-0.05, 0) is 52.5 Å². The predicted molar refractivity (Wildman–Crippen MR) is 124 cm³/mol. The van der Waals surface area contributed by atoms with Crippen LogP contribution < -0.4 is 15.6 Å². The number of carbonyl (C=O) groups is 2. The number of aliphatic hydroxyl groups excluding tert-OH is 1. The van der Waals surface area contributed by atoms with Crippen molar-refractivity contribution in [3.05, 3.63) is 39.7 Å². The van der Waals surface area contributed by atoms with Crippen molar-refractivity contribution >= 4 is 28.7 Å². The zero-order chi connectivity index (χ0) is 25.7. The first-order valence-corrected chi connectivity index (χ1v) is 11.6. The van der Waals surface area contributed by atoms with Crippen LogP contribution in [0.25, 0.3) is 10.9 Å². The molecule has 11 heteroatoms. The Labute approximate surface area is 200 Å². The van der Waals surface area contributed by atoms with Crippen LogP contribution in [0.5, 0.6) is 0 Å². The van der Waals surface area contributed by atoms with Crippen LogP contribution in [0.2, 0.25) is 0 Å². The molecule has 1 aliphatic heterocycles. The van der Waals surface area contributed by atoms with Gasteiger partial charge in [0.15, 0.2) is 5.82 Å². The zero-order valence-electron chi connectivity index (χ0n) is 19.8. The molecule has 2 atom stereocenters. The number of hydrogen-bond acceptors (Lipinski definition) is 6. The van der Waals surface area contributed by atoms with E-state index in [9.17, 15) is 24.6 Å². The SMILES string of the molecule is CC(C)(C)OC(=O)NC1CCCN(c2c(F)cc3c(=O)c(C(=O)O)cn(C4CC4)c3c2F)C1CO. The van der Waals surface area contributed by atoms with Crippen LogP contribution in [0, 0.1) is 11.6 Å². The summed E-state index contributed by atoms with van der Waals surface area (Å²) >= 11 is 0. The number of alkyl carbamates (subject to hydrolysis) is 1. The summed E-state index contributed by atoms with van der Waals surface area (Å²) in [5, 5.41) is 21.9. The lowest BCUT2D eigenvalue weighted by Gasteiger charge is -2.42. The van der Waals surface area contributed by atoms with Gasteiger partial charge in [0.1, 0.15) is 22.7 Å². The molecular weight excluding hydrogens is 464 g/mol. The van der Waals surface area contributed by atoms with Gasteiger partial charge in [0.25, 0.3) is 0 Å². The number of pyridine rings is 1. The largest absolute Gasteiger partial charge is 0.477 e. The monoisotopic (exact) mass is 493 g/mol. The van der Waals surface area contributed by atoms with Crippen molar-refractivity contribution in [2.45, 2.75) is 70.2 Å². The molecule has 1 amide bonds. The molecule has 9 nitrogen and oxygen atoms in total. The van der Waals surface area contributed by atoms with Gasteiger partial charge in [-0.15, -0.1) is 0 Å². The number of amides is 1. The maximum absolute atomic E-state index is 16.0. The van der Waals surface area contributed by atoms with E-state index in [1.165, 1.54) is 9.47 Å². The fourth-order valence-electron chi connectivity index (χ4n) is 4.68. The number of aromatic carboxylic acids is 1. The molecule has 1 aliphatic carbocycles. The molecule has 0 spiro atoms. The number of aromatic nitrogens is 1. The van der Waals surface area contributed by atoms with Crippen molar-refractivity contribution in [1.82, 2.24) is 9.88 Å². The molecule has 1 aromatic carbocycles. The van der Waals surface area contributed by atoms with Crippen molar-refractivity contribution in [3.8, 4) is 0 Å². The number of benzene rings is 1. The minimum Gasteiger partial charge on any atom is -0.477 e. The second-order valence-corrected chi connectivity index (χ2v) is 10.1. The molecule has 190 valence electrons. The summed E-state index contributed by atoms with van der Waals surface area (Å²) in [5.74, 6) is -3.52. The van der Waals surface area contributed by atoms with Crippen LogP contribution in [-0.2, 0) is 4.74 Å². The molecule has 3 N–H and O–H groups in total. The molecular formula is C24H29F2N3O6. The molecule has 2 heterocycles. The fourth-order valence-corrected chi connectivity index (χ4v) is 4.68. The van der Waals surface area contributed by atoms with Gasteiger partial charge >= 0.3 is 12.1 Å². The standard InChI is InChI=1S/C24H29F2N3O6/c1-24(2,3)35-23(34)27-16-5-4-8-28(17(16)11-30)20-15(25)9-13-19(18(20)26)29(12-6-7-12)10-14(21(13)31)22(32)33/h9-10,12,16-17,30H,4-8,11H2,1-3H3,(H,27,34)(H,32,33). The van der Waals surface area contributed by atoms with E-state index in [1.807, 2.05) is 0 Å². The highest BCUT2D eigenvalue weighted by molar-refractivity contribution is 5.94. The number of piperidine rings is 1. The van der Waals surface area contributed by atoms with Gasteiger partial charge < -0.3 is 29.7 Å². The smallest absolute Gasteiger partial charge is 0.407 e. The summed E-state index contributed by atoms with van der Waals surface area (Å²) in [6, 6.07) is -0.823. The molecule has 2 unspecified atom stereocenters. The molecule has 1 saturated carbocycles. The average molecular weight is 494 g/mol. The molecule has 4 rings (SSSR count). The van der Waals surface area contributed by atoms with Gasteiger partial charge in [0.2, 0.25) is 5.43 Å². The lowest BCUT2D eigenvalue weighted by atomic mass is 9.95. The Morgan fingerprint density at radius 3 is 2.49 bits per heavy atom. The number of hydrogen-bond donors (Lipinski definition) is 3. The van der Waals surface area contributed by atoms with E-state index in [1.54, 1.807) is 20.8 Å². The van der Waals surface area contributed by atoms with Gasteiger partial charge in [0, 0.05) is 18.8 Å². The Kier molecular flexibility index (Phi) is 6.48. The van der Waals surface area contributed by atoms with Gasteiger partial charge in [-0.3, -0.25) is 4.79 Å². The number of ether oxygens (including phenoxy) is 1. The van der Waals surface area contributed by atoms with Gasteiger partial charge in [-0.2, -0.15) is 0 Å². The van der Waals surface area contributed by atoms with Crippen LogP contribution >= 0.6 is 0 Å². The van der Waals surface area contributed by atoms with Crippen molar-refractivity contribution in [2.24, 2.45) is 0 Å². The minimum absolute atomic E-state index is 0.169. The molecule has 35 heavy (non-hydrogen) atoms. The minimum atomic E-state index is -1.47. The first-order chi connectivity index (χ1) is 16.4. The van der Waals surface area contributed by atoms with Gasteiger partial charge in [0.05, 0.1) is 29.6 Å². The summed E-state index contributed by atoms with van der Waals surface area (Å²) in [6.45, 7) is 4.83. The number of carboxylic acids is 1. The van der Waals surface area contributed by atoms with E-state index < -0.39 is 64.7 Å². The van der Waals surface area contributed by atoms with Crippen LogP contribution in [-0.4, -0.2) is 57.7 Å². The third kappa shape index (κ3) is 4.82. The first-order valence-electron chi connectivity index (χ1n) is 11.6. The number of fused-ring (bicyclic) bond motifs is 1. The highest BCUT2D eigenvalue weighted by Gasteiger charge is 2.37. The summed E-state index contributed by atoms with van der Waals surface area (Å²) in [4.78, 5) is 38.0. The zero-order valence-corrected chi connectivity index (χ0v) is 19.8. The lowest BCUT2D eigenvalue weighted by molar-refractivity contribution is 0.0477. The van der Waals surface area contributed by atoms with E-state index in [-0.39, 0.29) is 23.5 Å². The summed E-state index contributed by atoms with van der Waals surface area (Å²) in [6.07, 6.45) is 2.70. The highest BCUT2D eigenvalue weighted by atomic mass is 19.1. The summed E-state index contributed by atoms with van der Waals surface area (Å²) in [5.41, 5.74) is -2.85. The Morgan fingerprint density at radius 2 is 1.91 bits per heavy atom. The van der Waals surface area contributed by atoms with Crippen LogP contribution in [0.3, 0.4) is 0 Å². The third-order valence-electron chi connectivity index (χ3n) is 6.31. The number of rotatable bonds is 5. The number of carboxylic acid groups (broad SMARTS) is 1. The molecule has 2 aliphatic rings. The Hall–Kier alpha value is -3.21. The van der Waals surface area contributed by atoms with Crippen molar-refractivity contribution in [2.75, 3.05) is 18.1 Å². The Bertz CT molecular complexity index is 1230. The van der Waals surface area contributed by atoms with E-state index >= 15 is 8.78 Å². The maximum Gasteiger partial charge on any atom is 0.407 e. The number of nitrogens with one attached hydrogen (secondary N) is 1. The lowest BCUT2D eigenvalue weighted by Crippen LogP contribution is -2.58. The van der Waals surface area contributed by atoms with Crippen LogP contribution in [0.1, 0.15) is 62.9 Å². The van der Waals surface area contributed by atoms with Gasteiger partial charge in [-0.1, -0.05) is 0 Å². The third-order valence-corrected chi connectivity index (χ3v) is 6.31. The number of anilines is 1. The number of halogens is 2. The van der Waals surface area contributed by atoms with Crippen molar-refractivity contribution < 1.29 is 33.3 Å². The van der Waals surface area contributed by atoms with E-state index in [4.69, 9.17) is 4.74 Å². The molecule has 0 radical (unpaired) electrons. The number of carbonyl (C=O) groups excluding carboxylic acids is 1. The maximum atomic E-state index is 16.0. The van der Waals surface area contributed by atoms with Crippen LogP contribution in [0.4, 0.5) is 19.3 Å². The molecule has 2 fully saturated rings. The van der Waals surface area contributed by atoms with E-state index in [0.717, 1.165) is 12.3 Å². The average Bonchev–Trinajstić information content (AvgIpc) is 3.58. The molecule has 1 aromatic heterocycles. The quantitative estimate of drug-likeness (QED) is 0.585. The highest BCUT2D eigenvalue weighted by Crippen LogP contribution is 2.40. The second-order valence-electron chi connectivity index (χ2n) is 10.1. The first kappa shape index (κ1) is 24.9. The van der Waals surface area contributed by atoms with E-state index in [2.05, 4.69) is 5.32 Å². The molecule has 2 aromatic rings. The molecule has 0 bridgehead atoms. The topological polar surface area (TPSA) is 121 Å². The van der Waals surface area contributed by atoms with Crippen LogP contribution in [0.15, 0.2) is 17.1 Å². The second kappa shape index (κ2) is 9.10. The Morgan fingerprint density at radius 1 is 1.23 bits per heavy atom. The predicted octanol–water partition coefficient (Wildman–Crippen LogP) is 3.17. The van der Waals surface area contributed by atoms with Crippen molar-refractivity contribution in [3.63, 3.8) is 0 Å². The Balaban J connectivity index is 1.79. The number of aliphatic hydroxyl groups is 1. The molecule has 1 saturated heterocycles. The van der Waals surface area contributed by atoms with E-state index in [0.29, 0.717) is 25.7 Å². The van der Waals surface area contributed by atoms with Crippen molar-refractivity contribution in [1.29, 1.82) is 0 Å². The summed E-state index contributed by atoms with van der Waals surface area (Å²) < 4.78 is 38.1. The summed E-state index contributed by atoms with van der Waals surface area (Å²) in [7, 11) is 0. The number of nitrogens with zero attached hydrogens (tertiary/aromatic N) is 2. The fraction of sp³-hybridized carbons (Fsp3) is 0.542. The van der Waals surface area contributed by atoms with Gasteiger partial charge in [-0.25, -0.2) is 18.4 Å². The normalized spacial score (nSPS) is 20.7.